The van der Waals surface area contributed by atoms with E-state index in [1.165, 1.54) is 0 Å². The number of anilines is 1. The van der Waals surface area contributed by atoms with Gasteiger partial charge in [-0.15, -0.1) is 0 Å². The highest BCUT2D eigenvalue weighted by molar-refractivity contribution is 9.10. The highest BCUT2D eigenvalue weighted by atomic mass is 79.9. The standard InChI is InChI=1S/C18H17BrN2O2/c19-15-6-2-7-16(11-15)20-18(23)14-5-1-4-13(10-14)12-21-9-3-8-17(21)22/h1-2,4-7,10-11H,3,8-9,12H2,(H,20,23). The Morgan fingerprint density at radius 1 is 1.17 bits per heavy atom. The minimum absolute atomic E-state index is 0.155. The Bertz CT molecular complexity index is 745. The molecule has 0 spiro atoms. The van der Waals surface area contributed by atoms with Crippen LogP contribution >= 0.6 is 15.9 Å². The fraction of sp³-hybridized carbons (Fsp3) is 0.222. The Morgan fingerprint density at radius 3 is 2.74 bits per heavy atom. The molecule has 0 radical (unpaired) electrons. The van der Waals surface area contributed by atoms with E-state index >= 15 is 0 Å². The van der Waals surface area contributed by atoms with Gasteiger partial charge in [0.05, 0.1) is 0 Å². The van der Waals surface area contributed by atoms with Gasteiger partial charge in [-0.3, -0.25) is 9.59 Å². The molecule has 3 rings (SSSR count). The predicted molar refractivity (Wildman–Crippen MR) is 93.2 cm³/mol. The molecule has 0 aromatic heterocycles. The second-order valence-electron chi connectivity index (χ2n) is 5.58. The molecule has 1 aliphatic rings. The summed E-state index contributed by atoms with van der Waals surface area (Å²) in [4.78, 5) is 25.9. The lowest BCUT2D eigenvalue weighted by Gasteiger charge is -2.16. The van der Waals surface area contributed by atoms with Crippen LogP contribution in [-0.2, 0) is 11.3 Å². The largest absolute Gasteiger partial charge is 0.338 e. The molecule has 0 saturated carbocycles. The molecule has 2 aromatic carbocycles. The van der Waals surface area contributed by atoms with Crippen molar-refractivity contribution in [2.24, 2.45) is 0 Å². The minimum atomic E-state index is -0.155. The van der Waals surface area contributed by atoms with Crippen molar-refractivity contribution in [2.45, 2.75) is 19.4 Å². The molecule has 1 fully saturated rings. The van der Waals surface area contributed by atoms with Crippen molar-refractivity contribution in [1.29, 1.82) is 0 Å². The molecule has 0 bridgehead atoms. The summed E-state index contributed by atoms with van der Waals surface area (Å²) >= 11 is 3.39. The third-order valence-corrected chi connectivity index (χ3v) is 4.31. The lowest BCUT2D eigenvalue weighted by atomic mass is 10.1. The Kier molecular flexibility index (Phi) is 4.76. The van der Waals surface area contributed by atoms with Crippen LogP contribution in [0.2, 0.25) is 0 Å². The number of carbonyl (C=O) groups is 2. The number of carbonyl (C=O) groups excluding carboxylic acids is 2. The maximum absolute atomic E-state index is 12.4. The highest BCUT2D eigenvalue weighted by Crippen LogP contribution is 2.18. The van der Waals surface area contributed by atoms with Gasteiger partial charge in [0, 0.05) is 35.2 Å². The minimum Gasteiger partial charge on any atom is -0.338 e. The number of likely N-dealkylation sites (tertiary alicyclic amines) is 1. The Morgan fingerprint density at radius 2 is 2.00 bits per heavy atom. The average molecular weight is 373 g/mol. The summed E-state index contributed by atoms with van der Waals surface area (Å²) in [5.74, 6) is 0.0340. The van der Waals surface area contributed by atoms with E-state index in [9.17, 15) is 9.59 Å². The van der Waals surface area contributed by atoms with E-state index in [1.54, 1.807) is 6.07 Å². The average Bonchev–Trinajstić information content (AvgIpc) is 2.93. The van der Waals surface area contributed by atoms with Crippen molar-refractivity contribution in [3.8, 4) is 0 Å². The van der Waals surface area contributed by atoms with Crippen molar-refractivity contribution < 1.29 is 9.59 Å². The normalized spacial score (nSPS) is 14.1. The predicted octanol–water partition coefficient (Wildman–Crippen LogP) is 3.82. The van der Waals surface area contributed by atoms with Crippen LogP contribution in [0.3, 0.4) is 0 Å². The van der Waals surface area contributed by atoms with Crippen LogP contribution in [0.1, 0.15) is 28.8 Å². The van der Waals surface area contributed by atoms with Crippen molar-refractivity contribution in [1.82, 2.24) is 4.90 Å². The monoisotopic (exact) mass is 372 g/mol. The van der Waals surface area contributed by atoms with Crippen molar-refractivity contribution in [2.75, 3.05) is 11.9 Å². The first-order valence-electron chi connectivity index (χ1n) is 7.55. The summed E-state index contributed by atoms with van der Waals surface area (Å²) < 4.78 is 0.914. The van der Waals surface area contributed by atoms with Gasteiger partial charge in [0.1, 0.15) is 0 Å². The van der Waals surface area contributed by atoms with E-state index in [4.69, 9.17) is 0 Å². The first-order chi connectivity index (χ1) is 11.1. The van der Waals surface area contributed by atoms with Crippen molar-refractivity contribution in [3.05, 3.63) is 64.1 Å². The van der Waals surface area contributed by atoms with Crippen LogP contribution in [0.4, 0.5) is 5.69 Å². The van der Waals surface area contributed by atoms with Crippen LogP contribution in [0.25, 0.3) is 0 Å². The first kappa shape index (κ1) is 15.7. The maximum atomic E-state index is 12.4. The summed E-state index contributed by atoms with van der Waals surface area (Å²) in [6.45, 7) is 1.37. The van der Waals surface area contributed by atoms with Crippen LogP contribution in [0, 0.1) is 0 Å². The lowest BCUT2D eigenvalue weighted by Crippen LogP contribution is -2.24. The molecule has 0 atom stereocenters. The van der Waals surface area contributed by atoms with Crippen LogP contribution < -0.4 is 5.32 Å². The quantitative estimate of drug-likeness (QED) is 0.886. The zero-order chi connectivity index (χ0) is 16.2. The number of nitrogens with zero attached hydrogens (tertiary/aromatic N) is 1. The summed E-state index contributed by atoms with van der Waals surface area (Å²) in [5, 5.41) is 2.88. The van der Waals surface area contributed by atoms with Gasteiger partial charge in [-0.05, 0) is 42.3 Å². The van der Waals surface area contributed by atoms with E-state index in [0.717, 1.165) is 28.7 Å². The highest BCUT2D eigenvalue weighted by Gasteiger charge is 2.20. The molecule has 23 heavy (non-hydrogen) atoms. The zero-order valence-corrected chi connectivity index (χ0v) is 14.2. The molecule has 0 aliphatic carbocycles. The molecule has 1 heterocycles. The van der Waals surface area contributed by atoms with E-state index in [-0.39, 0.29) is 11.8 Å². The van der Waals surface area contributed by atoms with E-state index in [2.05, 4.69) is 21.2 Å². The fourth-order valence-electron chi connectivity index (χ4n) is 2.67. The molecule has 118 valence electrons. The lowest BCUT2D eigenvalue weighted by molar-refractivity contribution is -0.128. The number of nitrogens with one attached hydrogen (secondary N) is 1. The second kappa shape index (κ2) is 6.96. The molecule has 0 unspecified atom stereocenters. The number of halogens is 1. The Balaban J connectivity index is 1.71. The fourth-order valence-corrected chi connectivity index (χ4v) is 3.07. The molecule has 2 aromatic rings. The number of hydrogen-bond donors (Lipinski definition) is 1. The Hall–Kier alpha value is -2.14. The molecular weight excluding hydrogens is 356 g/mol. The van der Waals surface area contributed by atoms with Gasteiger partial charge in [-0.2, -0.15) is 0 Å². The van der Waals surface area contributed by atoms with Gasteiger partial charge < -0.3 is 10.2 Å². The summed E-state index contributed by atoms with van der Waals surface area (Å²) in [7, 11) is 0. The van der Waals surface area contributed by atoms with E-state index in [1.807, 2.05) is 47.4 Å². The zero-order valence-electron chi connectivity index (χ0n) is 12.6. The second-order valence-corrected chi connectivity index (χ2v) is 6.50. The molecule has 1 saturated heterocycles. The SMILES string of the molecule is O=C(Nc1cccc(Br)c1)c1cccc(CN2CCCC2=O)c1. The molecule has 4 nitrogen and oxygen atoms in total. The summed E-state index contributed by atoms with van der Waals surface area (Å²) in [6.07, 6.45) is 1.55. The van der Waals surface area contributed by atoms with Crippen LogP contribution in [-0.4, -0.2) is 23.3 Å². The van der Waals surface area contributed by atoms with Gasteiger partial charge in [0.25, 0.3) is 5.91 Å². The van der Waals surface area contributed by atoms with Crippen LogP contribution in [0.15, 0.2) is 53.0 Å². The summed E-state index contributed by atoms with van der Waals surface area (Å²) in [5.41, 5.74) is 2.31. The molecule has 5 heteroatoms. The van der Waals surface area contributed by atoms with Gasteiger partial charge in [-0.25, -0.2) is 0 Å². The van der Waals surface area contributed by atoms with E-state index < -0.39 is 0 Å². The molecule has 2 amide bonds. The van der Waals surface area contributed by atoms with E-state index in [0.29, 0.717) is 18.5 Å². The van der Waals surface area contributed by atoms with Crippen LogP contribution in [0.5, 0.6) is 0 Å². The first-order valence-corrected chi connectivity index (χ1v) is 8.35. The molecule has 1 aliphatic heterocycles. The number of rotatable bonds is 4. The molecule has 1 N–H and O–H groups in total. The number of amides is 2. The van der Waals surface area contributed by atoms with Gasteiger partial charge in [-0.1, -0.05) is 34.1 Å². The van der Waals surface area contributed by atoms with Crippen molar-refractivity contribution in [3.63, 3.8) is 0 Å². The third kappa shape index (κ3) is 3.99. The van der Waals surface area contributed by atoms with Gasteiger partial charge >= 0.3 is 0 Å². The third-order valence-electron chi connectivity index (χ3n) is 3.82. The van der Waals surface area contributed by atoms with Gasteiger partial charge in [0.2, 0.25) is 5.91 Å². The Labute approximate surface area is 143 Å². The number of hydrogen-bond acceptors (Lipinski definition) is 2. The summed E-state index contributed by atoms with van der Waals surface area (Å²) in [6, 6.07) is 14.9. The topological polar surface area (TPSA) is 49.4 Å². The smallest absolute Gasteiger partial charge is 0.255 e. The van der Waals surface area contributed by atoms with Gasteiger partial charge in [0.15, 0.2) is 0 Å². The maximum Gasteiger partial charge on any atom is 0.255 e. The number of benzene rings is 2. The molecular formula is C18H17BrN2O2. The van der Waals surface area contributed by atoms with Crippen molar-refractivity contribution >= 4 is 33.4 Å².